The fraction of sp³-hybridized carbons (Fsp3) is 0.692. The van der Waals surface area contributed by atoms with Crippen molar-refractivity contribution in [2.45, 2.75) is 30.1 Å². The van der Waals surface area contributed by atoms with Gasteiger partial charge in [0.2, 0.25) is 11.8 Å². The minimum atomic E-state index is -0.490. The highest BCUT2D eigenvalue weighted by Crippen LogP contribution is 2.59. The molecule has 0 spiro atoms. The Bertz CT molecular complexity index is 545. The molecule has 20 heavy (non-hydrogen) atoms. The van der Waals surface area contributed by atoms with Gasteiger partial charge in [-0.2, -0.15) is 0 Å². The van der Waals surface area contributed by atoms with Crippen LogP contribution in [-0.2, 0) is 23.9 Å². The average molecular weight is 342 g/mol. The molecule has 2 saturated heterocycles. The van der Waals surface area contributed by atoms with Gasteiger partial charge in [-0.25, -0.2) is 0 Å². The first-order chi connectivity index (χ1) is 9.50. The van der Waals surface area contributed by atoms with Crippen molar-refractivity contribution in [2.24, 2.45) is 23.7 Å². The largest absolute Gasteiger partial charge is 0.393 e. The maximum Gasteiger partial charge on any atom is 0.317 e. The molecular weight excluding hydrogens is 330 g/mol. The smallest absolute Gasteiger partial charge is 0.317 e. The molecule has 6 nitrogen and oxygen atoms in total. The summed E-state index contributed by atoms with van der Waals surface area (Å²) in [6, 6.07) is -0.317. The fourth-order valence-electron chi connectivity index (χ4n) is 4.45. The molecule has 0 unspecified atom stereocenters. The first-order valence-electron chi connectivity index (χ1n) is 6.75. The number of imide groups is 1. The van der Waals surface area contributed by atoms with Gasteiger partial charge in [0, 0.05) is 17.7 Å². The molecule has 4 fully saturated rings. The van der Waals surface area contributed by atoms with Crippen LogP contribution in [-0.4, -0.2) is 39.5 Å². The van der Waals surface area contributed by atoms with E-state index in [2.05, 4.69) is 15.9 Å². The number of hydrogen-bond donors (Lipinski definition) is 0. The van der Waals surface area contributed by atoms with Crippen LogP contribution >= 0.6 is 15.9 Å². The lowest BCUT2D eigenvalue weighted by molar-refractivity contribution is -0.155. The molecule has 2 saturated carbocycles. The molecule has 7 heteroatoms. The number of carbonyl (C=O) groups is 4. The van der Waals surface area contributed by atoms with Crippen LogP contribution in [0, 0.1) is 23.7 Å². The third-order valence-corrected chi connectivity index (χ3v) is 6.38. The van der Waals surface area contributed by atoms with Gasteiger partial charge in [-0.05, 0) is 18.3 Å². The second kappa shape index (κ2) is 3.90. The van der Waals surface area contributed by atoms with Crippen LogP contribution in [0.5, 0.6) is 0 Å². The van der Waals surface area contributed by atoms with E-state index in [1.54, 1.807) is 0 Å². The van der Waals surface area contributed by atoms with E-state index in [-0.39, 0.29) is 47.4 Å². The number of ether oxygens (including phenoxy) is 1. The van der Waals surface area contributed by atoms with Crippen molar-refractivity contribution >= 4 is 39.7 Å². The predicted molar refractivity (Wildman–Crippen MR) is 67.3 cm³/mol. The van der Waals surface area contributed by atoms with E-state index in [4.69, 9.17) is 4.74 Å². The Morgan fingerprint density at radius 3 is 2.10 bits per heavy atom. The molecule has 2 bridgehead atoms. The number of amides is 2. The van der Waals surface area contributed by atoms with Crippen molar-refractivity contribution in [1.29, 1.82) is 0 Å². The molecule has 4 rings (SSSR count). The summed E-state index contributed by atoms with van der Waals surface area (Å²) >= 11 is 3.55. The van der Waals surface area contributed by atoms with Gasteiger partial charge in [-0.1, -0.05) is 15.9 Å². The highest BCUT2D eigenvalue weighted by Gasteiger charge is 2.68. The number of cyclic esters (lactones) is 2. The van der Waals surface area contributed by atoms with Crippen LogP contribution in [0.2, 0.25) is 0 Å². The number of fused-ring (bicyclic) bond motifs is 5. The summed E-state index contributed by atoms with van der Waals surface area (Å²) in [6.07, 6.45) is 1.17. The molecule has 6 atom stereocenters. The molecule has 2 amide bonds. The summed E-state index contributed by atoms with van der Waals surface area (Å²) in [5.74, 6) is -2.36. The number of alkyl halides is 1. The zero-order valence-electron chi connectivity index (χ0n) is 10.5. The Kier molecular flexibility index (Phi) is 2.44. The molecule has 0 aromatic heterocycles. The lowest BCUT2D eigenvalue weighted by atomic mass is 9.78. The predicted octanol–water partition coefficient (Wildman–Crippen LogP) is 0.233. The Balaban J connectivity index is 1.71. The number of halogens is 1. The van der Waals surface area contributed by atoms with Crippen molar-refractivity contribution in [3.05, 3.63) is 0 Å². The molecule has 2 aliphatic heterocycles. The van der Waals surface area contributed by atoms with Crippen LogP contribution < -0.4 is 0 Å². The van der Waals surface area contributed by atoms with Crippen LogP contribution in [0.3, 0.4) is 0 Å². The molecule has 0 aromatic carbocycles. The van der Waals surface area contributed by atoms with Crippen molar-refractivity contribution < 1.29 is 23.9 Å². The summed E-state index contributed by atoms with van der Waals surface area (Å²) in [7, 11) is 0. The van der Waals surface area contributed by atoms with Gasteiger partial charge in [-0.15, -0.1) is 0 Å². The third kappa shape index (κ3) is 1.34. The molecule has 2 heterocycles. The molecule has 0 aromatic rings. The fourth-order valence-corrected chi connectivity index (χ4v) is 5.62. The van der Waals surface area contributed by atoms with Crippen molar-refractivity contribution in [3.8, 4) is 0 Å². The maximum atomic E-state index is 11.9. The lowest BCUT2D eigenvalue weighted by Crippen LogP contribution is -2.52. The Hall–Kier alpha value is -1.24. The highest BCUT2D eigenvalue weighted by atomic mass is 79.9. The van der Waals surface area contributed by atoms with E-state index in [9.17, 15) is 19.2 Å². The molecule has 0 N–H and O–H groups in total. The monoisotopic (exact) mass is 341 g/mol. The van der Waals surface area contributed by atoms with E-state index >= 15 is 0 Å². The molecule has 0 radical (unpaired) electrons. The highest BCUT2D eigenvalue weighted by molar-refractivity contribution is 9.09. The molecular formula is C13H12BrNO5. The summed E-state index contributed by atoms with van der Waals surface area (Å²) in [5, 5.41) is 0. The first-order valence-corrected chi connectivity index (χ1v) is 7.67. The van der Waals surface area contributed by atoms with Gasteiger partial charge in [0.25, 0.3) is 0 Å². The lowest BCUT2D eigenvalue weighted by Gasteiger charge is -2.36. The van der Waals surface area contributed by atoms with Gasteiger partial charge in [-0.3, -0.25) is 24.1 Å². The topological polar surface area (TPSA) is 80.8 Å². The van der Waals surface area contributed by atoms with Crippen molar-refractivity contribution in [2.75, 3.05) is 0 Å². The van der Waals surface area contributed by atoms with Crippen LogP contribution in [0.15, 0.2) is 0 Å². The van der Waals surface area contributed by atoms with Crippen molar-refractivity contribution in [1.82, 2.24) is 4.90 Å². The maximum absolute atomic E-state index is 11.9. The van der Waals surface area contributed by atoms with Crippen LogP contribution in [0.1, 0.15) is 19.3 Å². The number of hydrogen-bond acceptors (Lipinski definition) is 5. The zero-order chi connectivity index (χ0) is 14.2. The summed E-state index contributed by atoms with van der Waals surface area (Å²) in [6.45, 7) is 0. The van der Waals surface area contributed by atoms with E-state index in [1.165, 1.54) is 4.90 Å². The second-order valence-corrected chi connectivity index (χ2v) is 7.00. The standard InChI is InChI=1S/C13H12BrNO5/c14-10-4-3-5(9-8(4)12(18)20-13(9)19)11(10)15-6(16)1-2-7(15)17/h4-5,8-11H,1-3H2/t4-,5+,8-,9-,10+,11-/m1/s1. The average Bonchev–Trinajstić information content (AvgIpc) is 3.07. The Morgan fingerprint density at radius 1 is 0.950 bits per heavy atom. The summed E-state index contributed by atoms with van der Waals surface area (Å²) in [5.41, 5.74) is 0. The van der Waals surface area contributed by atoms with E-state index in [1.807, 2.05) is 0 Å². The van der Waals surface area contributed by atoms with E-state index in [0.717, 1.165) is 0 Å². The second-order valence-electron chi connectivity index (χ2n) is 5.95. The Labute approximate surface area is 122 Å². The van der Waals surface area contributed by atoms with Gasteiger partial charge in [0.15, 0.2) is 0 Å². The molecule has 4 aliphatic rings. The van der Waals surface area contributed by atoms with Crippen LogP contribution in [0.4, 0.5) is 0 Å². The van der Waals surface area contributed by atoms with Crippen molar-refractivity contribution in [3.63, 3.8) is 0 Å². The number of likely N-dealkylation sites (tertiary alicyclic amines) is 1. The van der Waals surface area contributed by atoms with Crippen LogP contribution in [0.25, 0.3) is 0 Å². The van der Waals surface area contributed by atoms with E-state index in [0.29, 0.717) is 6.42 Å². The summed E-state index contributed by atoms with van der Waals surface area (Å²) < 4.78 is 4.73. The van der Waals surface area contributed by atoms with Gasteiger partial charge >= 0.3 is 11.9 Å². The first kappa shape index (κ1) is 12.5. The third-order valence-electron chi connectivity index (χ3n) is 5.16. The SMILES string of the molecule is O=C1OC(=O)[C@@H]2[C@@H]3C[C@@H]([C@H](Br)[C@@H]3N3C(=O)CCC3=O)[C@@H]12. The minimum absolute atomic E-state index is 0.0323. The number of carbonyl (C=O) groups excluding carboxylic acids is 4. The molecule has 2 aliphatic carbocycles. The minimum Gasteiger partial charge on any atom is -0.393 e. The quantitative estimate of drug-likeness (QED) is 0.295. The normalized spacial score (nSPS) is 46.4. The van der Waals surface area contributed by atoms with Gasteiger partial charge in [0.05, 0.1) is 17.9 Å². The zero-order valence-corrected chi connectivity index (χ0v) is 12.0. The van der Waals surface area contributed by atoms with Gasteiger partial charge in [0.1, 0.15) is 0 Å². The molecule has 106 valence electrons. The number of esters is 2. The Morgan fingerprint density at radius 2 is 1.50 bits per heavy atom. The number of nitrogens with zero attached hydrogens (tertiary/aromatic N) is 1. The van der Waals surface area contributed by atoms with Gasteiger partial charge < -0.3 is 4.74 Å². The van der Waals surface area contributed by atoms with E-state index < -0.39 is 23.8 Å². The number of rotatable bonds is 1. The summed E-state index contributed by atoms with van der Waals surface area (Å²) in [4.78, 5) is 48.6.